The standard InChI is InChI=1S/2C4H6O4.C2H8N2.4Na.4H/c2*5-3(6)1-2-4(7)8;3-1-2-4;;;;;;;;/h2*1-2H2,(H,5,6)(H,7,8);1-4H2;;;;;;;;. The maximum absolute atomic E-state index is 9.64. The van der Waals surface area contributed by atoms with Crippen molar-refractivity contribution in [2.45, 2.75) is 25.7 Å². The summed E-state index contributed by atoms with van der Waals surface area (Å²) in [5, 5.41) is 31.6. The molecule has 0 fully saturated rings. The summed E-state index contributed by atoms with van der Waals surface area (Å²) in [6, 6.07) is 0. The average Bonchev–Trinajstić information content (AvgIpc) is 2.35. The van der Waals surface area contributed by atoms with Crippen molar-refractivity contribution < 1.29 is 39.6 Å². The van der Waals surface area contributed by atoms with Crippen LogP contribution in [0.2, 0.25) is 0 Å². The summed E-state index contributed by atoms with van der Waals surface area (Å²) in [5.74, 6) is -4.31. The minimum atomic E-state index is -1.08. The molecule has 14 heteroatoms. The zero-order chi connectivity index (χ0) is 16.6. The Morgan fingerprint density at radius 2 is 0.625 bits per heavy atom. The third-order valence-corrected chi connectivity index (χ3v) is 1.27. The van der Waals surface area contributed by atoms with Crippen LogP contribution in [0.25, 0.3) is 0 Å². The second-order valence-electron chi connectivity index (χ2n) is 3.15. The number of hydrogen-bond donors (Lipinski definition) is 6. The van der Waals surface area contributed by atoms with Crippen molar-refractivity contribution in [3.8, 4) is 0 Å². The van der Waals surface area contributed by atoms with Gasteiger partial charge in [0.1, 0.15) is 0 Å². The maximum atomic E-state index is 9.64. The Kier molecular flexibility index (Phi) is 67.0. The number of aliphatic carboxylic acids is 4. The third-order valence-electron chi connectivity index (χ3n) is 1.27. The SMILES string of the molecule is NCCN.O=C(O)CCC(=O)O.O=C(O)CCC(=O)O.[NaH].[NaH].[NaH].[NaH]. The monoisotopic (exact) mass is 392 g/mol. The molecule has 0 aromatic heterocycles. The van der Waals surface area contributed by atoms with Gasteiger partial charge < -0.3 is 31.9 Å². The predicted octanol–water partition coefficient (Wildman–Crippen LogP) is -3.82. The van der Waals surface area contributed by atoms with Gasteiger partial charge in [-0.3, -0.25) is 19.2 Å². The fourth-order valence-electron chi connectivity index (χ4n) is 0.428. The molecular formula is C10H24N2Na4O8. The van der Waals surface area contributed by atoms with Gasteiger partial charge in [0.2, 0.25) is 0 Å². The van der Waals surface area contributed by atoms with Gasteiger partial charge in [-0.1, -0.05) is 0 Å². The molecule has 24 heavy (non-hydrogen) atoms. The van der Waals surface area contributed by atoms with Crippen molar-refractivity contribution >= 4 is 142 Å². The van der Waals surface area contributed by atoms with Gasteiger partial charge in [-0.25, -0.2) is 0 Å². The van der Waals surface area contributed by atoms with Crippen molar-refractivity contribution in [1.29, 1.82) is 0 Å². The van der Waals surface area contributed by atoms with Crippen molar-refractivity contribution in [3.05, 3.63) is 0 Å². The Labute approximate surface area is 228 Å². The van der Waals surface area contributed by atoms with E-state index in [0.29, 0.717) is 13.1 Å². The van der Waals surface area contributed by atoms with E-state index in [1.807, 2.05) is 0 Å². The number of carboxylic acids is 4. The molecule has 0 atom stereocenters. The molecule has 0 unspecified atom stereocenters. The molecule has 0 aliphatic carbocycles. The second kappa shape index (κ2) is 35.8. The first kappa shape index (κ1) is 44.9. The first-order valence-corrected chi connectivity index (χ1v) is 5.44. The molecule has 0 heterocycles. The molecule has 0 saturated heterocycles. The Bertz CT molecular complexity index is 263. The molecule has 0 aliphatic heterocycles. The van der Waals surface area contributed by atoms with Gasteiger partial charge in [0, 0.05) is 13.1 Å². The summed E-state index contributed by atoms with van der Waals surface area (Å²) in [7, 11) is 0. The third kappa shape index (κ3) is 75.5. The summed E-state index contributed by atoms with van der Waals surface area (Å²) in [5.41, 5.74) is 9.81. The van der Waals surface area contributed by atoms with E-state index in [9.17, 15) is 19.2 Å². The van der Waals surface area contributed by atoms with Crippen LogP contribution in [0, 0.1) is 0 Å². The molecule has 0 radical (unpaired) electrons. The van der Waals surface area contributed by atoms with Gasteiger partial charge in [0.25, 0.3) is 0 Å². The van der Waals surface area contributed by atoms with E-state index < -0.39 is 23.9 Å². The van der Waals surface area contributed by atoms with Crippen molar-refractivity contribution in [2.75, 3.05) is 13.1 Å². The normalized spacial score (nSPS) is 6.92. The molecule has 10 nitrogen and oxygen atoms in total. The van der Waals surface area contributed by atoms with Crippen molar-refractivity contribution in [2.24, 2.45) is 11.5 Å². The van der Waals surface area contributed by atoms with Gasteiger partial charge in [-0.15, -0.1) is 0 Å². The van der Waals surface area contributed by atoms with E-state index in [0.717, 1.165) is 0 Å². The van der Waals surface area contributed by atoms with Gasteiger partial charge in [-0.05, 0) is 0 Å². The van der Waals surface area contributed by atoms with Gasteiger partial charge in [0.05, 0.1) is 25.7 Å². The molecule has 0 aromatic carbocycles. The number of carboxylic acid groups (broad SMARTS) is 4. The molecule has 0 aromatic rings. The molecule has 0 amide bonds. The second-order valence-corrected chi connectivity index (χ2v) is 3.15. The van der Waals surface area contributed by atoms with Crippen LogP contribution >= 0.6 is 0 Å². The fraction of sp³-hybridized carbons (Fsp3) is 0.600. The summed E-state index contributed by atoms with van der Waals surface area (Å²) in [4.78, 5) is 38.6. The van der Waals surface area contributed by atoms with E-state index in [1.54, 1.807) is 0 Å². The van der Waals surface area contributed by atoms with Crippen LogP contribution < -0.4 is 11.5 Å². The molecule has 0 bridgehead atoms. The van der Waals surface area contributed by atoms with Crippen LogP contribution in [0.15, 0.2) is 0 Å². The molecule has 0 spiro atoms. The van der Waals surface area contributed by atoms with E-state index in [-0.39, 0.29) is 144 Å². The summed E-state index contributed by atoms with van der Waals surface area (Å²) < 4.78 is 0. The first-order chi connectivity index (χ1) is 9.17. The zero-order valence-electron chi connectivity index (χ0n) is 10.8. The van der Waals surface area contributed by atoms with Gasteiger partial charge >= 0.3 is 142 Å². The van der Waals surface area contributed by atoms with Crippen LogP contribution in [0.3, 0.4) is 0 Å². The van der Waals surface area contributed by atoms with Crippen LogP contribution in [0.1, 0.15) is 25.7 Å². The first-order valence-electron chi connectivity index (χ1n) is 5.44. The number of carbonyl (C=O) groups is 4. The Morgan fingerprint density at radius 3 is 0.667 bits per heavy atom. The molecule has 126 valence electrons. The van der Waals surface area contributed by atoms with Crippen molar-refractivity contribution in [3.63, 3.8) is 0 Å². The van der Waals surface area contributed by atoms with Crippen LogP contribution in [0.5, 0.6) is 0 Å². The molecule has 0 rings (SSSR count). The van der Waals surface area contributed by atoms with E-state index in [4.69, 9.17) is 31.9 Å². The predicted molar refractivity (Wildman–Crippen MR) is 95.7 cm³/mol. The van der Waals surface area contributed by atoms with E-state index >= 15 is 0 Å². The summed E-state index contributed by atoms with van der Waals surface area (Å²) in [6.45, 7) is 1.19. The molecule has 0 aliphatic rings. The topological polar surface area (TPSA) is 201 Å². The summed E-state index contributed by atoms with van der Waals surface area (Å²) in [6.07, 6.45) is -1.19. The van der Waals surface area contributed by atoms with Crippen LogP contribution in [0.4, 0.5) is 0 Å². The number of nitrogens with two attached hydrogens (primary N) is 2. The number of rotatable bonds is 7. The average molecular weight is 392 g/mol. The molecule has 8 N–H and O–H groups in total. The Balaban J connectivity index is -0.0000000348. The van der Waals surface area contributed by atoms with E-state index in [2.05, 4.69) is 0 Å². The van der Waals surface area contributed by atoms with Gasteiger partial charge in [0.15, 0.2) is 0 Å². The quantitative estimate of drug-likeness (QED) is 0.233. The van der Waals surface area contributed by atoms with Crippen LogP contribution in [-0.2, 0) is 19.2 Å². The minimum absolute atomic E-state index is 0. The van der Waals surface area contributed by atoms with Crippen LogP contribution in [-0.4, -0.2) is 176 Å². The zero-order valence-corrected chi connectivity index (χ0v) is 10.8. The molecule has 0 saturated carbocycles. The van der Waals surface area contributed by atoms with E-state index in [1.165, 1.54) is 0 Å². The molecular weight excluding hydrogens is 368 g/mol. The van der Waals surface area contributed by atoms with Gasteiger partial charge in [-0.2, -0.15) is 0 Å². The Morgan fingerprint density at radius 1 is 0.500 bits per heavy atom. The number of hydrogen-bond acceptors (Lipinski definition) is 6. The summed E-state index contributed by atoms with van der Waals surface area (Å²) >= 11 is 0. The fourth-order valence-corrected chi connectivity index (χ4v) is 0.428. The van der Waals surface area contributed by atoms with Crippen molar-refractivity contribution in [1.82, 2.24) is 0 Å². The Hall–Kier alpha value is 1.80.